The summed E-state index contributed by atoms with van der Waals surface area (Å²) in [6.45, 7) is 1.89. The van der Waals surface area contributed by atoms with Crippen molar-refractivity contribution in [2.45, 2.75) is 6.92 Å². The highest BCUT2D eigenvalue weighted by Crippen LogP contribution is 2.22. The Labute approximate surface area is 98.8 Å². The number of hydrogen-bond acceptors (Lipinski definition) is 5. The van der Waals surface area contributed by atoms with Gasteiger partial charge in [-0.15, -0.1) is 27.8 Å². The van der Waals surface area contributed by atoms with Crippen LogP contribution >= 0.6 is 22.7 Å². The topological polar surface area (TPSA) is 47.3 Å². The molecule has 0 saturated carbocycles. The third-order valence-electron chi connectivity index (χ3n) is 2.11. The average molecular weight is 249 g/mol. The van der Waals surface area contributed by atoms with Crippen LogP contribution in [0.1, 0.15) is 4.88 Å². The molecule has 0 aliphatic heterocycles. The Balaban J connectivity index is 2.31. The van der Waals surface area contributed by atoms with Gasteiger partial charge in [0, 0.05) is 10.9 Å². The first-order valence-corrected chi connectivity index (χ1v) is 6.35. The fraction of sp³-hybridized carbons (Fsp3) is 0.100. The van der Waals surface area contributed by atoms with Crippen LogP contribution in [0.2, 0.25) is 0 Å². The zero-order chi connectivity index (χ0) is 11.1. The minimum atomic E-state index is -0.124. The lowest BCUT2D eigenvalue weighted by molar-refractivity contribution is 0.933. The molecule has 0 bridgehead atoms. The Hall–Kier alpha value is -1.53. The van der Waals surface area contributed by atoms with Crippen LogP contribution in [0.25, 0.3) is 15.7 Å². The predicted octanol–water partition coefficient (Wildman–Crippen LogP) is 2.19. The SMILES string of the molecule is Cc1cc(=O)n2nc(-c3cccs3)nc2s1. The van der Waals surface area contributed by atoms with E-state index in [0.29, 0.717) is 10.8 Å². The second kappa shape index (κ2) is 3.50. The van der Waals surface area contributed by atoms with E-state index in [9.17, 15) is 4.79 Å². The molecule has 0 N–H and O–H groups in total. The molecule has 0 aliphatic rings. The molecular formula is C10H7N3OS2. The molecule has 3 heterocycles. The highest BCUT2D eigenvalue weighted by atomic mass is 32.1. The van der Waals surface area contributed by atoms with Crippen LogP contribution in [0.15, 0.2) is 28.4 Å². The van der Waals surface area contributed by atoms with Crippen molar-refractivity contribution in [2.75, 3.05) is 0 Å². The summed E-state index contributed by atoms with van der Waals surface area (Å²) in [7, 11) is 0. The molecule has 3 rings (SSSR count). The lowest BCUT2D eigenvalue weighted by Crippen LogP contribution is -2.11. The standard InChI is InChI=1S/C10H7N3OS2/c1-6-5-8(14)13-10(16-6)11-9(12-13)7-3-2-4-15-7/h2-5H,1H3. The zero-order valence-electron chi connectivity index (χ0n) is 8.38. The Kier molecular flexibility index (Phi) is 2.12. The number of hydrogen-bond donors (Lipinski definition) is 0. The summed E-state index contributed by atoms with van der Waals surface area (Å²) in [5.74, 6) is 0.619. The molecule has 0 aliphatic carbocycles. The molecule has 3 aromatic rings. The largest absolute Gasteiger partial charge is 0.274 e. The van der Waals surface area contributed by atoms with Crippen LogP contribution in [0, 0.1) is 6.92 Å². The van der Waals surface area contributed by atoms with Crippen LogP contribution in [-0.2, 0) is 0 Å². The van der Waals surface area contributed by atoms with E-state index in [1.807, 2.05) is 24.4 Å². The fourth-order valence-electron chi connectivity index (χ4n) is 1.43. The van der Waals surface area contributed by atoms with Gasteiger partial charge in [-0.25, -0.2) is 0 Å². The van der Waals surface area contributed by atoms with E-state index in [1.54, 1.807) is 17.4 Å². The minimum absolute atomic E-state index is 0.124. The van der Waals surface area contributed by atoms with Crippen LogP contribution in [-0.4, -0.2) is 14.6 Å². The van der Waals surface area contributed by atoms with Crippen molar-refractivity contribution in [1.82, 2.24) is 14.6 Å². The molecule has 0 atom stereocenters. The molecule has 0 saturated heterocycles. The maximum Gasteiger partial charge on any atom is 0.274 e. The van der Waals surface area contributed by atoms with E-state index < -0.39 is 0 Å². The van der Waals surface area contributed by atoms with E-state index in [2.05, 4.69) is 10.1 Å². The minimum Gasteiger partial charge on any atom is -0.267 e. The molecule has 0 spiro atoms. The molecule has 0 amide bonds. The van der Waals surface area contributed by atoms with E-state index >= 15 is 0 Å². The summed E-state index contributed by atoms with van der Waals surface area (Å²) >= 11 is 3.03. The predicted molar refractivity (Wildman–Crippen MR) is 65.2 cm³/mol. The molecule has 4 nitrogen and oxygen atoms in total. The summed E-state index contributed by atoms with van der Waals surface area (Å²) in [6, 6.07) is 5.46. The third kappa shape index (κ3) is 1.46. The lowest BCUT2D eigenvalue weighted by Gasteiger charge is -1.89. The maximum absolute atomic E-state index is 11.7. The fourth-order valence-corrected chi connectivity index (χ4v) is 2.88. The monoisotopic (exact) mass is 249 g/mol. The van der Waals surface area contributed by atoms with Gasteiger partial charge in [0.05, 0.1) is 4.88 Å². The first-order valence-electron chi connectivity index (χ1n) is 4.65. The first-order chi connectivity index (χ1) is 7.74. The van der Waals surface area contributed by atoms with E-state index in [4.69, 9.17) is 0 Å². The summed E-state index contributed by atoms with van der Waals surface area (Å²) in [5.41, 5.74) is -0.124. The number of fused-ring (bicyclic) bond motifs is 1. The molecule has 0 aromatic carbocycles. The van der Waals surface area contributed by atoms with Gasteiger partial charge < -0.3 is 0 Å². The molecule has 0 radical (unpaired) electrons. The Morgan fingerprint density at radius 2 is 2.31 bits per heavy atom. The van der Waals surface area contributed by atoms with E-state index in [0.717, 1.165) is 9.75 Å². The Morgan fingerprint density at radius 1 is 1.44 bits per heavy atom. The molecule has 6 heteroatoms. The molecular weight excluding hydrogens is 242 g/mol. The Bertz CT molecular complexity index is 696. The van der Waals surface area contributed by atoms with E-state index in [-0.39, 0.29) is 5.56 Å². The number of nitrogens with zero attached hydrogens (tertiary/aromatic N) is 3. The van der Waals surface area contributed by atoms with Crippen LogP contribution in [0.5, 0.6) is 0 Å². The van der Waals surface area contributed by atoms with Gasteiger partial charge in [0.25, 0.3) is 5.56 Å². The summed E-state index contributed by atoms with van der Waals surface area (Å²) in [6.07, 6.45) is 0. The highest BCUT2D eigenvalue weighted by molar-refractivity contribution is 7.16. The van der Waals surface area contributed by atoms with E-state index in [1.165, 1.54) is 15.9 Å². The maximum atomic E-state index is 11.7. The van der Waals surface area contributed by atoms with Gasteiger partial charge in [-0.1, -0.05) is 6.07 Å². The van der Waals surface area contributed by atoms with Crippen molar-refractivity contribution < 1.29 is 0 Å². The zero-order valence-corrected chi connectivity index (χ0v) is 10.0. The lowest BCUT2D eigenvalue weighted by atomic mass is 10.4. The summed E-state index contributed by atoms with van der Waals surface area (Å²) in [4.78, 5) is 18.6. The average Bonchev–Trinajstić information content (AvgIpc) is 2.82. The van der Waals surface area contributed by atoms with Crippen molar-refractivity contribution in [1.29, 1.82) is 0 Å². The first kappa shape index (κ1) is 9.68. The van der Waals surface area contributed by atoms with Crippen molar-refractivity contribution in [3.63, 3.8) is 0 Å². The highest BCUT2D eigenvalue weighted by Gasteiger charge is 2.09. The van der Waals surface area contributed by atoms with Gasteiger partial charge in [0.1, 0.15) is 0 Å². The summed E-state index contributed by atoms with van der Waals surface area (Å²) in [5, 5.41) is 6.18. The van der Waals surface area contributed by atoms with Crippen LogP contribution in [0.4, 0.5) is 0 Å². The smallest absolute Gasteiger partial charge is 0.267 e. The number of aryl methyl sites for hydroxylation is 1. The van der Waals surface area contributed by atoms with Gasteiger partial charge in [0.2, 0.25) is 4.96 Å². The van der Waals surface area contributed by atoms with Crippen molar-refractivity contribution in [3.05, 3.63) is 38.8 Å². The number of thiophene rings is 1. The molecule has 0 fully saturated rings. The second-order valence-electron chi connectivity index (χ2n) is 3.30. The van der Waals surface area contributed by atoms with Crippen LogP contribution < -0.4 is 5.56 Å². The van der Waals surface area contributed by atoms with Crippen LogP contribution in [0.3, 0.4) is 0 Å². The van der Waals surface area contributed by atoms with Crippen molar-refractivity contribution >= 4 is 27.6 Å². The molecule has 16 heavy (non-hydrogen) atoms. The van der Waals surface area contributed by atoms with Crippen molar-refractivity contribution in [2.24, 2.45) is 0 Å². The van der Waals surface area contributed by atoms with Gasteiger partial charge in [0.15, 0.2) is 5.82 Å². The number of aromatic nitrogens is 3. The van der Waals surface area contributed by atoms with Gasteiger partial charge >= 0.3 is 0 Å². The molecule has 0 unspecified atom stereocenters. The normalized spacial score (nSPS) is 11.1. The van der Waals surface area contributed by atoms with Gasteiger partial charge in [-0.3, -0.25) is 4.79 Å². The quantitative estimate of drug-likeness (QED) is 0.664. The van der Waals surface area contributed by atoms with Crippen molar-refractivity contribution in [3.8, 4) is 10.7 Å². The second-order valence-corrected chi connectivity index (χ2v) is 5.46. The third-order valence-corrected chi connectivity index (χ3v) is 3.86. The molecule has 3 aromatic heterocycles. The molecule has 80 valence electrons. The van der Waals surface area contributed by atoms with Gasteiger partial charge in [-0.2, -0.15) is 9.50 Å². The summed E-state index contributed by atoms with van der Waals surface area (Å²) < 4.78 is 1.35. The Morgan fingerprint density at radius 3 is 3.06 bits per heavy atom. The van der Waals surface area contributed by atoms with Gasteiger partial charge in [-0.05, 0) is 18.4 Å². The number of rotatable bonds is 1.